The van der Waals surface area contributed by atoms with Gasteiger partial charge in [0.2, 0.25) is 5.91 Å². The predicted octanol–water partition coefficient (Wildman–Crippen LogP) is 1.68. The van der Waals surface area contributed by atoms with Crippen molar-refractivity contribution in [1.82, 2.24) is 5.32 Å². The number of hydrogen-bond donors (Lipinski definition) is 3. The average molecular weight is 246 g/mol. The van der Waals surface area contributed by atoms with Crippen LogP contribution in [0.3, 0.4) is 0 Å². The van der Waals surface area contributed by atoms with Gasteiger partial charge >= 0.3 is 6.03 Å². The molecule has 18 heavy (non-hydrogen) atoms. The number of anilines is 2. The van der Waals surface area contributed by atoms with Crippen LogP contribution in [0.2, 0.25) is 0 Å². The highest BCUT2D eigenvalue weighted by Gasteiger charge is 2.02. The minimum absolute atomic E-state index is 0.175. The molecule has 0 saturated carbocycles. The Morgan fingerprint density at radius 1 is 1.28 bits per heavy atom. The molecule has 0 heterocycles. The van der Waals surface area contributed by atoms with E-state index in [2.05, 4.69) is 16.0 Å². The molecule has 0 spiro atoms. The molecule has 94 valence electrons. The third-order valence-corrected chi connectivity index (χ3v) is 1.96. The Morgan fingerprint density at radius 2 is 1.94 bits per heavy atom. The minimum Gasteiger partial charge on any atom is -0.337 e. The Labute approximate surface area is 105 Å². The van der Waals surface area contributed by atoms with Crippen molar-refractivity contribution < 1.29 is 9.59 Å². The summed E-state index contributed by atoms with van der Waals surface area (Å²) >= 11 is 0. The molecule has 0 aliphatic rings. The third-order valence-electron chi connectivity index (χ3n) is 1.96. The Balaban J connectivity index is 2.54. The van der Waals surface area contributed by atoms with Gasteiger partial charge in [0.1, 0.15) is 0 Å². The first-order valence-electron chi connectivity index (χ1n) is 5.41. The number of nitrogens with zero attached hydrogens (tertiary/aromatic N) is 1. The monoisotopic (exact) mass is 246 g/mol. The van der Waals surface area contributed by atoms with Crippen LogP contribution in [0.4, 0.5) is 16.2 Å². The fraction of sp³-hybridized carbons (Fsp3) is 0.250. The summed E-state index contributed by atoms with van der Waals surface area (Å²) in [6, 6.07) is 8.33. The van der Waals surface area contributed by atoms with Crippen LogP contribution in [-0.2, 0) is 4.79 Å². The first kappa shape index (κ1) is 13.5. The largest absolute Gasteiger partial charge is 0.337 e. The van der Waals surface area contributed by atoms with Gasteiger partial charge in [-0.2, -0.15) is 5.26 Å². The molecule has 0 atom stereocenters. The van der Waals surface area contributed by atoms with E-state index in [1.807, 2.05) is 6.07 Å². The normalized spacial score (nSPS) is 9.11. The van der Waals surface area contributed by atoms with Gasteiger partial charge in [0, 0.05) is 24.8 Å². The summed E-state index contributed by atoms with van der Waals surface area (Å²) in [5, 5.41) is 16.1. The number of carbonyl (C=O) groups is 2. The van der Waals surface area contributed by atoms with Crippen molar-refractivity contribution >= 4 is 23.3 Å². The number of benzene rings is 1. The van der Waals surface area contributed by atoms with E-state index in [4.69, 9.17) is 5.26 Å². The Kier molecular flexibility index (Phi) is 5.19. The van der Waals surface area contributed by atoms with Crippen molar-refractivity contribution in [3.8, 4) is 6.07 Å². The van der Waals surface area contributed by atoms with E-state index < -0.39 is 0 Å². The summed E-state index contributed by atoms with van der Waals surface area (Å²) < 4.78 is 0. The Morgan fingerprint density at radius 3 is 2.56 bits per heavy atom. The molecule has 0 aliphatic heterocycles. The molecular weight excluding hydrogens is 232 g/mol. The summed E-state index contributed by atoms with van der Waals surface area (Å²) in [5.74, 6) is -0.175. The maximum atomic E-state index is 11.4. The van der Waals surface area contributed by atoms with E-state index in [9.17, 15) is 9.59 Å². The third kappa shape index (κ3) is 4.99. The molecule has 0 radical (unpaired) electrons. The number of carbonyl (C=O) groups excluding carboxylic acids is 2. The molecule has 0 saturated heterocycles. The van der Waals surface area contributed by atoms with E-state index in [0.29, 0.717) is 17.9 Å². The second kappa shape index (κ2) is 6.91. The fourth-order valence-electron chi connectivity index (χ4n) is 1.29. The van der Waals surface area contributed by atoms with Crippen LogP contribution >= 0.6 is 0 Å². The van der Waals surface area contributed by atoms with Crippen molar-refractivity contribution in [2.24, 2.45) is 0 Å². The summed E-state index contributed by atoms with van der Waals surface area (Å²) in [5.41, 5.74) is 1.17. The van der Waals surface area contributed by atoms with E-state index in [-0.39, 0.29) is 18.4 Å². The van der Waals surface area contributed by atoms with Crippen LogP contribution in [-0.4, -0.2) is 18.5 Å². The highest BCUT2D eigenvalue weighted by atomic mass is 16.2. The average Bonchev–Trinajstić information content (AvgIpc) is 2.28. The van der Waals surface area contributed by atoms with Crippen molar-refractivity contribution in [2.45, 2.75) is 13.3 Å². The quantitative estimate of drug-likeness (QED) is 0.705. The van der Waals surface area contributed by atoms with Crippen molar-refractivity contribution in [1.29, 1.82) is 5.26 Å². The van der Waals surface area contributed by atoms with Crippen molar-refractivity contribution in [3.63, 3.8) is 0 Å². The number of rotatable bonds is 4. The highest BCUT2D eigenvalue weighted by Crippen LogP contribution is 2.14. The molecule has 0 fully saturated rings. The lowest BCUT2D eigenvalue weighted by atomic mass is 10.3. The van der Waals surface area contributed by atoms with Crippen LogP contribution in [0.1, 0.15) is 13.3 Å². The van der Waals surface area contributed by atoms with Gasteiger partial charge < -0.3 is 16.0 Å². The number of nitrogens with one attached hydrogen (secondary N) is 3. The van der Waals surface area contributed by atoms with Crippen LogP contribution in [0.25, 0.3) is 0 Å². The van der Waals surface area contributed by atoms with E-state index >= 15 is 0 Å². The smallest absolute Gasteiger partial charge is 0.319 e. The Hall–Kier alpha value is -2.55. The predicted molar refractivity (Wildman–Crippen MR) is 68.0 cm³/mol. The number of nitriles is 1. The minimum atomic E-state index is -0.384. The lowest BCUT2D eigenvalue weighted by Gasteiger charge is -2.08. The van der Waals surface area contributed by atoms with Crippen molar-refractivity contribution in [2.75, 3.05) is 17.2 Å². The van der Waals surface area contributed by atoms with Crippen LogP contribution in [0.15, 0.2) is 24.3 Å². The molecule has 3 N–H and O–H groups in total. The fourth-order valence-corrected chi connectivity index (χ4v) is 1.29. The summed E-state index contributed by atoms with van der Waals surface area (Å²) in [6.07, 6.45) is 0.263. The molecule has 0 bridgehead atoms. The molecule has 3 amide bonds. The van der Waals surface area contributed by atoms with E-state index in [0.717, 1.165) is 0 Å². The van der Waals surface area contributed by atoms with Gasteiger partial charge in [0.05, 0.1) is 12.5 Å². The summed E-state index contributed by atoms with van der Waals surface area (Å²) in [6.45, 7) is 1.71. The maximum absolute atomic E-state index is 11.4. The zero-order valence-electron chi connectivity index (χ0n) is 9.99. The second-order valence-corrected chi connectivity index (χ2v) is 3.55. The van der Waals surface area contributed by atoms with E-state index in [1.165, 1.54) is 6.92 Å². The maximum Gasteiger partial charge on any atom is 0.319 e. The Bertz CT molecular complexity index is 479. The lowest BCUT2D eigenvalue weighted by Crippen LogP contribution is -2.29. The van der Waals surface area contributed by atoms with Gasteiger partial charge in [0.15, 0.2) is 0 Å². The van der Waals surface area contributed by atoms with Gasteiger partial charge in [-0.3, -0.25) is 4.79 Å². The highest BCUT2D eigenvalue weighted by molar-refractivity contribution is 5.92. The first-order valence-corrected chi connectivity index (χ1v) is 5.41. The number of urea groups is 1. The zero-order chi connectivity index (χ0) is 13.4. The van der Waals surface area contributed by atoms with Crippen LogP contribution in [0, 0.1) is 11.3 Å². The molecule has 0 unspecified atom stereocenters. The molecule has 1 rings (SSSR count). The molecule has 0 aromatic heterocycles. The lowest BCUT2D eigenvalue weighted by molar-refractivity contribution is -0.114. The molecular formula is C12H14N4O2. The van der Waals surface area contributed by atoms with Crippen molar-refractivity contribution in [3.05, 3.63) is 24.3 Å². The van der Waals surface area contributed by atoms with Gasteiger partial charge in [-0.1, -0.05) is 6.07 Å². The summed E-state index contributed by atoms with van der Waals surface area (Å²) in [7, 11) is 0. The molecule has 0 aliphatic carbocycles. The first-order chi connectivity index (χ1) is 8.61. The molecule has 6 heteroatoms. The SMILES string of the molecule is CC(=O)Nc1cccc(NC(=O)NCCC#N)c1. The zero-order valence-corrected chi connectivity index (χ0v) is 9.99. The summed E-state index contributed by atoms with van der Waals surface area (Å²) in [4.78, 5) is 22.3. The number of hydrogen-bond acceptors (Lipinski definition) is 3. The van der Waals surface area contributed by atoms with Crippen LogP contribution < -0.4 is 16.0 Å². The van der Waals surface area contributed by atoms with Gasteiger partial charge in [0.25, 0.3) is 0 Å². The number of amides is 3. The van der Waals surface area contributed by atoms with E-state index in [1.54, 1.807) is 24.3 Å². The van der Waals surface area contributed by atoms with Gasteiger partial charge in [-0.15, -0.1) is 0 Å². The van der Waals surface area contributed by atoms with Gasteiger partial charge in [-0.05, 0) is 18.2 Å². The second-order valence-electron chi connectivity index (χ2n) is 3.55. The molecule has 1 aromatic rings. The molecule has 1 aromatic carbocycles. The van der Waals surface area contributed by atoms with Gasteiger partial charge in [-0.25, -0.2) is 4.79 Å². The molecule has 6 nitrogen and oxygen atoms in total. The van der Waals surface area contributed by atoms with Crippen LogP contribution in [0.5, 0.6) is 0 Å². The topological polar surface area (TPSA) is 94.0 Å². The standard InChI is InChI=1S/C12H14N4O2/c1-9(17)15-10-4-2-5-11(8-10)16-12(18)14-7-3-6-13/h2,4-5,8H,3,7H2,1H3,(H,15,17)(H2,14,16,18).